The largest absolute Gasteiger partial charge is 0.394 e. The van der Waals surface area contributed by atoms with Crippen molar-refractivity contribution in [3.8, 4) is 0 Å². The average Bonchev–Trinajstić information content (AvgIpc) is 3.06. The van der Waals surface area contributed by atoms with Crippen molar-refractivity contribution in [2.24, 2.45) is 0 Å². The van der Waals surface area contributed by atoms with Crippen molar-refractivity contribution < 1.29 is 17.7 Å². The zero-order valence-corrected chi connectivity index (χ0v) is 17.9. The lowest BCUT2D eigenvalue weighted by Crippen LogP contribution is -2.49. The summed E-state index contributed by atoms with van der Waals surface area (Å²) in [6.07, 6.45) is 1.00. The van der Waals surface area contributed by atoms with E-state index in [0.717, 1.165) is 17.2 Å². The van der Waals surface area contributed by atoms with Crippen LogP contribution in [-0.4, -0.2) is 38.5 Å². The van der Waals surface area contributed by atoms with Crippen LogP contribution in [0.25, 0.3) is 30.9 Å². The summed E-state index contributed by atoms with van der Waals surface area (Å²) in [7, 11) is -3.56. The molecule has 0 amide bonds. The van der Waals surface area contributed by atoms with Crippen LogP contribution < -0.4 is 5.32 Å². The van der Waals surface area contributed by atoms with Gasteiger partial charge in [0.05, 0.1) is 25.0 Å². The first-order chi connectivity index (χ1) is 13.8. The number of aliphatic hydroxyl groups is 1. The van der Waals surface area contributed by atoms with Crippen LogP contribution in [0.5, 0.6) is 0 Å². The topological polar surface area (TPSA) is 75.6 Å². The smallest absolute Gasteiger partial charge is 0.264 e. The lowest BCUT2D eigenvalue weighted by molar-refractivity contribution is 0.118. The molecule has 0 bridgehead atoms. The predicted molar refractivity (Wildman–Crippen MR) is 120 cm³/mol. The molecule has 1 aromatic heterocycles. The van der Waals surface area contributed by atoms with Gasteiger partial charge in [-0.25, -0.2) is 0 Å². The second kappa shape index (κ2) is 7.66. The summed E-state index contributed by atoms with van der Waals surface area (Å²) in [6, 6.07) is 19.2. The Morgan fingerprint density at radius 1 is 1.03 bits per heavy atom. The molecule has 152 valence electrons. The van der Waals surface area contributed by atoms with E-state index in [2.05, 4.69) is 53.8 Å². The molecule has 0 radical (unpaired) electrons. The second-order valence-corrected chi connectivity index (χ2v) is 10.4. The summed E-state index contributed by atoms with van der Waals surface area (Å²) < 4.78 is 29.9. The van der Waals surface area contributed by atoms with Crippen LogP contribution in [0.4, 0.5) is 0 Å². The Morgan fingerprint density at radius 2 is 1.83 bits per heavy atom. The molecule has 0 aliphatic carbocycles. The molecule has 2 N–H and O–H groups in total. The SMILES string of the molecule is CC(CO)(COS(C)(=O)=O)NCc1ccc2cc3c(cc2c1)sc1ccccc13. The third kappa shape index (κ3) is 4.44. The van der Waals surface area contributed by atoms with E-state index >= 15 is 0 Å². The molecule has 0 aliphatic heterocycles. The van der Waals surface area contributed by atoms with Crippen LogP contribution in [0.15, 0.2) is 54.6 Å². The van der Waals surface area contributed by atoms with Gasteiger partial charge in [-0.15, -0.1) is 11.3 Å². The van der Waals surface area contributed by atoms with Crippen LogP contribution in [-0.2, 0) is 20.8 Å². The van der Waals surface area contributed by atoms with E-state index in [1.807, 2.05) is 6.07 Å². The number of hydrogen-bond acceptors (Lipinski definition) is 6. The van der Waals surface area contributed by atoms with Gasteiger partial charge in [0, 0.05) is 26.7 Å². The molecule has 0 fully saturated rings. The average molecular weight is 430 g/mol. The fraction of sp³-hybridized carbons (Fsp3) is 0.273. The molecule has 0 aliphatic rings. The standard InChI is InChI=1S/C22H23NO4S2/c1-22(13-24,14-27-29(2,25)26)23-12-15-7-8-16-10-19-18-5-3-4-6-20(18)28-21(19)11-17(16)9-15/h3-11,23-24H,12-14H2,1-2H3. The van der Waals surface area contributed by atoms with Crippen LogP contribution in [0.1, 0.15) is 12.5 Å². The highest BCUT2D eigenvalue weighted by atomic mass is 32.2. The Hall–Kier alpha value is -2.03. The van der Waals surface area contributed by atoms with Crippen LogP contribution in [0, 0.1) is 0 Å². The van der Waals surface area contributed by atoms with Gasteiger partial charge in [0.2, 0.25) is 0 Å². The number of aliphatic hydroxyl groups excluding tert-OH is 1. The first kappa shape index (κ1) is 20.3. The molecule has 4 aromatic rings. The van der Waals surface area contributed by atoms with E-state index in [4.69, 9.17) is 4.18 Å². The van der Waals surface area contributed by atoms with Crippen molar-refractivity contribution in [3.05, 3.63) is 60.2 Å². The molecule has 1 atom stereocenters. The van der Waals surface area contributed by atoms with Gasteiger partial charge < -0.3 is 10.4 Å². The van der Waals surface area contributed by atoms with Crippen molar-refractivity contribution in [2.75, 3.05) is 19.5 Å². The Morgan fingerprint density at radius 3 is 2.59 bits per heavy atom. The number of rotatable bonds is 7. The Balaban J connectivity index is 1.59. The second-order valence-electron chi connectivity index (χ2n) is 7.67. The lowest BCUT2D eigenvalue weighted by Gasteiger charge is -2.28. The van der Waals surface area contributed by atoms with Crippen molar-refractivity contribution in [2.45, 2.75) is 19.0 Å². The van der Waals surface area contributed by atoms with Crippen molar-refractivity contribution in [1.82, 2.24) is 5.32 Å². The molecular weight excluding hydrogens is 406 g/mol. The zero-order chi connectivity index (χ0) is 20.6. The van der Waals surface area contributed by atoms with Crippen molar-refractivity contribution in [1.29, 1.82) is 0 Å². The third-order valence-electron chi connectivity index (χ3n) is 5.06. The summed E-state index contributed by atoms with van der Waals surface area (Å²) in [5.74, 6) is 0. The Bertz CT molecular complexity index is 1300. The highest BCUT2D eigenvalue weighted by Crippen LogP contribution is 2.36. The lowest BCUT2D eigenvalue weighted by atomic mass is 10.0. The number of fused-ring (bicyclic) bond motifs is 4. The van der Waals surface area contributed by atoms with E-state index in [-0.39, 0.29) is 13.2 Å². The number of thiophene rings is 1. The minimum atomic E-state index is -3.56. The van der Waals surface area contributed by atoms with Gasteiger partial charge in [-0.2, -0.15) is 8.42 Å². The van der Waals surface area contributed by atoms with Crippen LogP contribution in [0.3, 0.4) is 0 Å². The molecule has 3 aromatic carbocycles. The monoisotopic (exact) mass is 429 g/mol. The normalized spacial score (nSPS) is 14.6. The maximum absolute atomic E-state index is 11.3. The summed E-state index contributed by atoms with van der Waals surface area (Å²) in [4.78, 5) is 0. The van der Waals surface area contributed by atoms with Gasteiger partial charge in [-0.3, -0.25) is 4.18 Å². The minimum Gasteiger partial charge on any atom is -0.394 e. The highest BCUT2D eigenvalue weighted by Gasteiger charge is 2.25. The molecule has 5 nitrogen and oxygen atoms in total. The minimum absolute atomic E-state index is 0.127. The van der Waals surface area contributed by atoms with E-state index in [1.54, 1.807) is 18.3 Å². The zero-order valence-electron chi connectivity index (χ0n) is 16.3. The number of hydrogen-bond donors (Lipinski definition) is 2. The van der Waals surface area contributed by atoms with E-state index in [9.17, 15) is 13.5 Å². The fourth-order valence-electron chi connectivity index (χ4n) is 3.33. The van der Waals surface area contributed by atoms with E-state index < -0.39 is 15.7 Å². The summed E-state index contributed by atoms with van der Waals surface area (Å²) in [6.45, 7) is 1.86. The Kier molecular flexibility index (Phi) is 5.35. The summed E-state index contributed by atoms with van der Waals surface area (Å²) >= 11 is 1.79. The van der Waals surface area contributed by atoms with E-state index in [1.165, 1.54) is 25.6 Å². The Labute approximate surface area is 174 Å². The highest BCUT2D eigenvalue weighted by molar-refractivity contribution is 7.85. The maximum Gasteiger partial charge on any atom is 0.264 e. The molecule has 4 rings (SSSR count). The summed E-state index contributed by atoms with van der Waals surface area (Å²) in [5, 5.41) is 17.8. The molecule has 0 saturated carbocycles. The van der Waals surface area contributed by atoms with Crippen molar-refractivity contribution in [3.63, 3.8) is 0 Å². The quantitative estimate of drug-likeness (QED) is 0.434. The van der Waals surface area contributed by atoms with Crippen molar-refractivity contribution >= 4 is 52.4 Å². The van der Waals surface area contributed by atoms with Crippen LogP contribution >= 0.6 is 11.3 Å². The predicted octanol–water partition coefficient (Wildman–Crippen LogP) is 4.02. The first-order valence-corrected chi connectivity index (χ1v) is 11.9. The number of nitrogens with one attached hydrogen (secondary N) is 1. The molecule has 1 heterocycles. The molecular formula is C22H23NO4S2. The third-order valence-corrected chi connectivity index (χ3v) is 6.74. The fourth-order valence-corrected chi connectivity index (χ4v) is 4.94. The molecule has 1 unspecified atom stereocenters. The molecule has 7 heteroatoms. The van der Waals surface area contributed by atoms with Gasteiger partial charge >= 0.3 is 0 Å². The maximum atomic E-state index is 11.3. The van der Waals surface area contributed by atoms with Gasteiger partial charge in [0.1, 0.15) is 0 Å². The molecule has 0 spiro atoms. The number of benzene rings is 3. The van der Waals surface area contributed by atoms with Crippen LogP contribution in [0.2, 0.25) is 0 Å². The van der Waals surface area contributed by atoms with Gasteiger partial charge in [-0.05, 0) is 47.5 Å². The van der Waals surface area contributed by atoms with E-state index in [0.29, 0.717) is 6.54 Å². The van der Waals surface area contributed by atoms with Gasteiger partial charge in [0.15, 0.2) is 0 Å². The summed E-state index contributed by atoms with van der Waals surface area (Å²) in [5.41, 5.74) is 0.199. The molecule has 29 heavy (non-hydrogen) atoms. The van der Waals surface area contributed by atoms with Gasteiger partial charge in [0.25, 0.3) is 10.1 Å². The first-order valence-electron chi connectivity index (χ1n) is 9.31. The molecule has 0 saturated heterocycles. The van der Waals surface area contributed by atoms with Gasteiger partial charge in [-0.1, -0.05) is 30.3 Å².